The summed E-state index contributed by atoms with van der Waals surface area (Å²) in [6.45, 7) is 13.8. The van der Waals surface area contributed by atoms with Crippen LogP contribution in [0.25, 0.3) is 0 Å². The highest BCUT2D eigenvalue weighted by Gasteiger charge is 2.74. The number of imide groups is 1. The van der Waals surface area contributed by atoms with Gasteiger partial charge in [0.15, 0.2) is 56.2 Å². The zero-order valence-electron chi connectivity index (χ0n) is 76.9. The van der Waals surface area contributed by atoms with Crippen LogP contribution in [0.2, 0.25) is 0 Å². The first-order valence-corrected chi connectivity index (χ1v) is 47.1. The van der Waals surface area contributed by atoms with Crippen LogP contribution in [-0.4, -0.2) is 456 Å². The van der Waals surface area contributed by atoms with Crippen molar-refractivity contribution in [1.82, 2.24) is 10.2 Å². The molecule has 0 aromatic heterocycles. The van der Waals surface area contributed by atoms with E-state index < -0.39 is 377 Å². The van der Waals surface area contributed by atoms with E-state index in [1.165, 1.54) is 27.7 Å². The maximum atomic E-state index is 16.5. The van der Waals surface area contributed by atoms with Crippen molar-refractivity contribution in [1.29, 1.82) is 0 Å². The van der Waals surface area contributed by atoms with Crippen LogP contribution in [0.5, 0.6) is 0 Å². The number of carbonyl (C=O) groups is 4. The van der Waals surface area contributed by atoms with Crippen LogP contribution in [0.4, 0.5) is 0 Å². The molecule has 6 aliphatic carbocycles. The highest BCUT2D eigenvalue weighted by atomic mass is 16.8. The Balaban J connectivity index is 0.706. The Morgan fingerprint density at radius 1 is 0.444 bits per heavy atom. The van der Waals surface area contributed by atoms with Gasteiger partial charge in [0.1, 0.15) is 158 Å². The van der Waals surface area contributed by atoms with Gasteiger partial charge < -0.3 is 203 Å². The lowest BCUT2D eigenvalue weighted by molar-refractivity contribution is -0.392. The van der Waals surface area contributed by atoms with E-state index in [-0.39, 0.29) is 44.6 Å². The van der Waals surface area contributed by atoms with Crippen molar-refractivity contribution < 1.29 is 217 Å². The van der Waals surface area contributed by atoms with Crippen LogP contribution in [0.1, 0.15) is 140 Å². The third-order valence-electron chi connectivity index (χ3n) is 33.2. The fraction of sp³-hybridized carbons (Fsp3) is 0.910. The van der Waals surface area contributed by atoms with Crippen molar-refractivity contribution in [2.45, 2.75) is 404 Å². The summed E-state index contributed by atoms with van der Waals surface area (Å²) < 4.78 is 106. The summed E-state index contributed by atoms with van der Waals surface area (Å²) in [5, 5.41) is 265. The molecule has 135 heavy (non-hydrogen) atoms. The predicted octanol–water partition coefficient (Wildman–Crippen LogP) is -8.84. The molecule has 15 aliphatic rings. The number of aliphatic hydroxyl groups excluding tert-OH is 23. The molecule has 0 bridgehead atoms. The van der Waals surface area contributed by atoms with Gasteiger partial charge in [0.25, 0.3) is 17.7 Å². The summed E-state index contributed by atoms with van der Waals surface area (Å²) in [6, 6.07) is 0. The number of allylic oxidation sites excluding steroid dienone is 2. The van der Waals surface area contributed by atoms with Crippen molar-refractivity contribution >= 4 is 23.7 Å². The molecule has 24 N–H and O–H groups in total. The summed E-state index contributed by atoms with van der Waals surface area (Å²) in [5.74, 6) is -5.87. The summed E-state index contributed by atoms with van der Waals surface area (Å²) in [7, 11) is 0. The number of hydrogen-bond donors (Lipinski definition) is 24. The minimum absolute atomic E-state index is 0.0204. The van der Waals surface area contributed by atoms with E-state index >= 15 is 4.79 Å². The van der Waals surface area contributed by atoms with Crippen molar-refractivity contribution in [2.75, 3.05) is 46.1 Å². The first-order valence-electron chi connectivity index (χ1n) is 47.1. The molecule has 46 nitrogen and oxygen atoms in total. The summed E-state index contributed by atoms with van der Waals surface area (Å²) in [6.07, 6.45) is -68.8. The van der Waals surface area contributed by atoms with Crippen LogP contribution >= 0.6 is 0 Å². The average Bonchev–Trinajstić information content (AvgIpc) is 0.717. The van der Waals surface area contributed by atoms with Gasteiger partial charge in [0, 0.05) is 36.6 Å². The molecule has 5 saturated carbocycles. The number of nitrogens with one attached hydrogen (secondary N) is 1. The van der Waals surface area contributed by atoms with Gasteiger partial charge >= 0.3 is 5.97 Å². The van der Waals surface area contributed by atoms with Crippen LogP contribution in [-0.2, 0) is 99.7 Å². The Bertz CT molecular complexity index is 4120. The second-order valence-electron chi connectivity index (χ2n) is 41.8. The lowest BCUT2D eigenvalue weighted by Gasteiger charge is -2.72. The lowest BCUT2D eigenvalue weighted by Crippen LogP contribution is -2.70. The molecule has 8 saturated heterocycles. The van der Waals surface area contributed by atoms with Gasteiger partial charge in [0.2, 0.25) is 6.29 Å². The second-order valence-corrected chi connectivity index (χ2v) is 41.8. The standard InChI is InChI=1S/C89H140N2O44/c1-32-50(101)42(27-92)125-77(51(32)102)130-68-40(97)30-120-76(64(68)115)128-66-34(3)122-78(61(112)58(66)109)133-72-62(113)67(129-80-65(116)69(52(103)33(2)121-80)124-41-13-12-38(95)53(104)55(41)106)35(4)123-81(72)135-83(118)89-22-21-84(5,6)25-37(89)36-11-14-45-85(7)19-18-47(86(8,31-94)44(85)17-20-87(45,9)88(36,10)26-46(89)98)127-82-73(134-79-60(111)57(108)56(107)43(28-93)126-79)70(131-75-59(110)54(105)39(96)29-119-75)63(114)71(132-82)74(117)90-23-24-91-48(99)15-16-49(91)100/h11,15-16,32-35,37-47,50-73,75-82,92-98,101-116H,12-14,17-31H2,1-10H3,(H,90,117)/t32?,33?,34?,35?,37?,38?,39?,40?,41?,42?,43?,44?,45?,46-,47+,50?,51?,52?,53?,54?,55?,56?,57?,58?,59?,60?,61?,62?,63?,64?,65?,66?,67?,68?,69?,70?,71?,72?,73?,75?,76?,77?,78?,79?,80?,81?,82?,85+,86+,87-,88-,89-/m1/s1. The van der Waals surface area contributed by atoms with E-state index in [1.54, 1.807) is 0 Å². The van der Waals surface area contributed by atoms with E-state index in [2.05, 4.69) is 32.2 Å². The first-order chi connectivity index (χ1) is 63.5. The molecule has 45 unspecified atom stereocenters. The second kappa shape index (κ2) is 40.9. The molecular weight excluding hydrogens is 1800 g/mol. The fourth-order valence-corrected chi connectivity index (χ4v) is 24.7. The number of aliphatic hydroxyl groups is 23. The molecular formula is C89H140N2O44. The number of carbonyl (C=O) groups excluding carboxylic acids is 4. The normalized spacial score (nSPS) is 52.9. The molecule has 0 radical (unpaired) electrons. The van der Waals surface area contributed by atoms with Crippen LogP contribution < -0.4 is 5.32 Å². The number of nitrogens with zero attached hydrogens (tertiary/aromatic N) is 1. The zero-order chi connectivity index (χ0) is 98.2. The van der Waals surface area contributed by atoms with Gasteiger partial charge in [-0.15, -0.1) is 0 Å². The Morgan fingerprint density at radius 2 is 0.993 bits per heavy atom. The molecule has 3 amide bonds. The highest BCUT2D eigenvalue weighted by molar-refractivity contribution is 6.12. The minimum atomic E-state index is -2.21. The SMILES string of the molecule is CC1OC(OC2C(C)OC(OC(=O)[C@]34CCC(C)(C)CC3C3=CCC5[C@@]6(C)CC[C@H](OC7OC(C(=O)NCCN8C(=O)C=CC8=O)C(O)C(OC8OCC(O)C(O)C8O)C7OC7OC(CO)C(O)C(O)C7O)[C@@](C)(CO)C6CC[C@@]5(C)[C@]3(C)C[C@H]4O)C(OC3OC(C)C(OC4OCC(O)C(OC5OC(CO)C(O)C(C)C5O)C4O)C(O)C3O)C2O)C(O)C(OC2CCC(O)C(O)C2O)C1O. The number of amides is 3. The Hall–Kier alpha value is -4.00. The third-order valence-corrected chi connectivity index (χ3v) is 33.2. The molecule has 9 aliphatic heterocycles. The van der Waals surface area contributed by atoms with Crippen molar-refractivity contribution in [2.24, 2.45) is 56.2 Å². The van der Waals surface area contributed by atoms with Crippen molar-refractivity contribution in [3.63, 3.8) is 0 Å². The number of rotatable bonds is 25. The lowest BCUT2D eigenvalue weighted by atomic mass is 9.33. The molecule has 770 valence electrons. The Labute approximate surface area is 778 Å². The van der Waals surface area contributed by atoms with Gasteiger partial charge in [-0.3, -0.25) is 24.1 Å². The Morgan fingerprint density at radius 3 is 1.66 bits per heavy atom. The first kappa shape index (κ1) is 105. The van der Waals surface area contributed by atoms with E-state index in [4.69, 9.17) is 80.5 Å². The third kappa shape index (κ3) is 19.1. The summed E-state index contributed by atoms with van der Waals surface area (Å²) in [4.78, 5) is 57.0. The highest BCUT2D eigenvalue weighted by Crippen LogP contribution is 2.76. The van der Waals surface area contributed by atoms with Crippen molar-refractivity contribution in [3.8, 4) is 0 Å². The van der Waals surface area contributed by atoms with Crippen LogP contribution in [0.15, 0.2) is 23.8 Å². The van der Waals surface area contributed by atoms with Gasteiger partial charge in [-0.2, -0.15) is 0 Å². The minimum Gasteiger partial charge on any atom is -0.432 e. The van der Waals surface area contributed by atoms with E-state index in [1.807, 2.05) is 20.8 Å². The molecule has 46 heteroatoms. The summed E-state index contributed by atoms with van der Waals surface area (Å²) >= 11 is 0. The molecule has 0 aromatic rings. The molecule has 13 fully saturated rings. The smallest absolute Gasteiger partial charge is 0.317 e. The quantitative estimate of drug-likeness (QED) is 0.0175. The van der Waals surface area contributed by atoms with Crippen LogP contribution in [0, 0.1) is 56.2 Å². The average molecular weight is 1940 g/mol. The molecule has 0 aromatic carbocycles. The van der Waals surface area contributed by atoms with Gasteiger partial charge in [-0.1, -0.05) is 60.1 Å². The number of ether oxygens (including phenoxy) is 17. The van der Waals surface area contributed by atoms with Gasteiger partial charge in [-0.05, 0) is 131 Å². The Kier molecular flexibility index (Phi) is 31.9. The van der Waals surface area contributed by atoms with E-state index in [0.717, 1.165) is 22.6 Å². The molecule has 0 spiro atoms. The van der Waals surface area contributed by atoms with Crippen LogP contribution in [0.3, 0.4) is 0 Å². The number of esters is 1. The number of hydrogen-bond acceptors (Lipinski definition) is 44. The van der Waals surface area contributed by atoms with E-state index in [9.17, 15) is 132 Å². The maximum absolute atomic E-state index is 16.5. The predicted molar refractivity (Wildman–Crippen MR) is 445 cm³/mol. The topological polar surface area (TPSA) is 706 Å². The van der Waals surface area contributed by atoms with Crippen molar-refractivity contribution in [3.05, 3.63) is 23.8 Å². The van der Waals surface area contributed by atoms with Gasteiger partial charge in [0.05, 0.1) is 81.9 Å². The molecule has 9 heterocycles. The summed E-state index contributed by atoms with van der Waals surface area (Å²) in [5.41, 5.74) is -5.17. The molecule has 15 rings (SSSR count). The largest absolute Gasteiger partial charge is 0.432 e. The molecule has 52 atom stereocenters. The monoisotopic (exact) mass is 1940 g/mol. The zero-order valence-corrected chi connectivity index (χ0v) is 76.9. The number of fused-ring (bicyclic) bond motifs is 7. The maximum Gasteiger partial charge on any atom is 0.317 e. The van der Waals surface area contributed by atoms with Gasteiger partial charge in [-0.25, -0.2) is 0 Å². The fourth-order valence-electron chi connectivity index (χ4n) is 24.7. The van der Waals surface area contributed by atoms with E-state index in [0.29, 0.717) is 38.5 Å².